The van der Waals surface area contributed by atoms with Crippen LogP contribution in [0.2, 0.25) is 0 Å². The van der Waals surface area contributed by atoms with E-state index < -0.39 is 0 Å². The molecule has 0 amide bonds. The molecule has 0 unspecified atom stereocenters. The van der Waals surface area contributed by atoms with Gasteiger partial charge in [0.15, 0.2) is 11.3 Å². The molecule has 0 fully saturated rings. The molecule has 6 aromatic rings. The van der Waals surface area contributed by atoms with Gasteiger partial charge in [-0.05, 0) is 41.9 Å². The summed E-state index contributed by atoms with van der Waals surface area (Å²) in [6.07, 6.45) is 3.57. The van der Waals surface area contributed by atoms with Crippen molar-refractivity contribution in [2.75, 3.05) is 9.62 Å². The molecule has 0 atom stereocenters. The highest BCUT2D eigenvalue weighted by Gasteiger charge is 2.49. The number of anilines is 4. The maximum atomic E-state index is 6.44. The molecule has 8 rings (SSSR count). The van der Waals surface area contributed by atoms with Gasteiger partial charge in [0.25, 0.3) is 0 Å². The second-order valence-electron chi connectivity index (χ2n) is 8.43. The van der Waals surface area contributed by atoms with E-state index in [1.807, 2.05) is 30.5 Å². The number of hydrogen-bond donors (Lipinski definition) is 0. The Morgan fingerprint density at radius 3 is 2.33 bits per heavy atom. The normalized spacial score (nSPS) is 13.9. The topological polar surface area (TPSA) is 45.7 Å². The predicted molar refractivity (Wildman–Crippen MR) is 132 cm³/mol. The van der Waals surface area contributed by atoms with Crippen LogP contribution in [0.5, 0.6) is 0 Å². The third kappa shape index (κ3) is 2.10. The number of pyridine rings is 1. The Morgan fingerprint density at radius 2 is 1.42 bits per heavy atom. The summed E-state index contributed by atoms with van der Waals surface area (Å²) in [7, 11) is 0. The van der Waals surface area contributed by atoms with Crippen LogP contribution < -0.4 is 15.1 Å². The van der Waals surface area contributed by atoms with Gasteiger partial charge in [-0.25, -0.2) is 0 Å². The minimum Gasteiger partial charge on any atom is -0.461 e. The van der Waals surface area contributed by atoms with Gasteiger partial charge in [0.1, 0.15) is 11.3 Å². The molecule has 0 saturated carbocycles. The van der Waals surface area contributed by atoms with Gasteiger partial charge in [-0.2, -0.15) is 0 Å². The first-order valence-electron chi connectivity index (χ1n) is 11.0. The zero-order valence-corrected chi connectivity index (χ0v) is 17.5. The Hall–Kier alpha value is -4.45. The van der Waals surface area contributed by atoms with E-state index in [9.17, 15) is 0 Å². The fourth-order valence-electron chi connectivity index (χ4n) is 5.46. The van der Waals surface area contributed by atoms with E-state index in [-0.39, 0.29) is 6.98 Å². The fraction of sp³-hybridized carbons (Fsp3) is 0. The molecular formula is C27H16BN3O2. The number of furan rings is 2. The van der Waals surface area contributed by atoms with Crippen LogP contribution >= 0.6 is 0 Å². The SMILES string of the molecule is c1cnc2c(c1)B1N(c3ccccc3N1c1cccc3c1oc1ccccc13)c1ccoc1-2. The van der Waals surface area contributed by atoms with E-state index in [0.717, 1.165) is 61.6 Å². The number of fused-ring (bicyclic) bond motifs is 11. The molecule has 0 aliphatic carbocycles. The highest BCUT2D eigenvalue weighted by molar-refractivity contribution is 6.86. The lowest BCUT2D eigenvalue weighted by molar-refractivity contribution is 0.580. The zero-order valence-electron chi connectivity index (χ0n) is 17.5. The van der Waals surface area contributed by atoms with Gasteiger partial charge in [-0.15, -0.1) is 0 Å². The van der Waals surface area contributed by atoms with Crippen LogP contribution in [0, 0.1) is 0 Å². The number of rotatable bonds is 1. The average molecular weight is 425 g/mol. The maximum Gasteiger partial charge on any atom is 0.423 e. The van der Waals surface area contributed by atoms with Crippen molar-refractivity contribution in [1.82, 2.24) is 4.98 Å². The number of benzene rings is 3. The second kappa shape index (κ2) is 6.08. The molecule has 33 heavy (non-hydrogen) atoms. The minimum absolute atomic E-state index is 0.102. The van der Waals surface area contributed by atoms with Crippen molar-refractivity contribution in [1.29, 1.82) is 0 Å². The molecule has 0 saturated heterocycles. The predicted octanol–water partition coefficient (Wildman–Crippen LogP) is 6.24. The van der Waals surface area contributed by atoms with Crippen molar-refractivity contribution in [3.05, 3.63) is 97.4 Å². The van der Waals surface area contributed by atoms with Gasteiger partial charge in [0.2, 0.25) is 0 Å². The Labute approximate surface area is 189 Å². The lowest BCUT2D eigenvalue weighted by Gasteiger charge is -2.33. The fourth-order valence-corrected chi connectivity index (χ4v) is 5.46. The monoisotopic (exact) mass is 425 g/mol. The van der Waals surface area contributed by atoms with Crippen LogP contribution in [0.1, 0.15) is 0 Å². The van der Waals surface area contributed by atoms with Crippen molar-refractivity contribution in [2.45, 2.75) is 0 Å². The second-order valence-corrected chi connectivity index (χ2v) is 8.43. The first kappa shape index (κ1) is 17.2. The summed E-state index contributed by atoms with van der Waals surface area (Å²) < 4.78 is 12.4. The molecule has 2 aliphatic heterocycles. The zero-order chi connectivity index (χ0) is 21.5. The van der Waals surface area contributed by atoms with Crippen molar-refractivity contribution in [2.24, 2.45) is 0 Å². The van der Waals surface area contributed by atoms with E-state index in [2.05, 4.69) is 70.3 Å². The van der Waals surface area contributed by atoms with Crippen molar-refractivity contribution in [3.63, 3.8) is 0 Å². The summed E-state index contributed by atoms with van der Waals surface area (Å²) in [6, 6.07) is 29.3. The quantitative estimate of drug-likeness (QED) is 0.292. The van der Waals surface area contributed by atoms with Crippen LogP contribution in [0.15, 0.2) is 106 Å². The van der Waals surface area contributed by atoms with Crippen LogP contribution in [0.4, 0.5) is 22.7 Å². The Balaban J connectivity index is 1.47. The molecule has 0 N–H and O–H groups in total. The lowest BCUT2D eigenvalue weighted by Crippen LogP contribution is -2.55. The first-order chi connectivity index (χ1) is 16.4. The van der Waals surface area contributed by atoms with Gasteiger partial charge in [0, 0.05) is 17.0 Å². The molecular weight excluding hydrogens is 409 g/mol. The Kier molecular flexibility index (Phi) is 3.16. The Bertz CT molecular complexity index is 1720. The van der Waals surface area contributed by atoms with E-state index in [4.69, 9.17) is 13.8 Å². The summed E-state index contributed by atoms with van der Waals surface area (Å²) in [6.45, 7) is -0.102. The summed E-state index contributed by atoms with van der Waals surface area (Å²) in [5.41, 5.74) is 8.08. The molecule has 3 aromatic heterocycles. The maximum absolute atomic E-state index is 6.44. The number of aromatic nitrogens is 1. The summed E-state index contributed by atoms with van der Waals surface area (Å²) in [5.74, 6) is 0.806. The summed E-state index contributed by atoms with van der Waals surface area (Å²) >= 11 is 0. The minimum atomic E-state index is -0.102. The van der Waals surface area contributed by atoms with Gasteiger partial charge in [-0.1, -0.05) is 48.5 Å². The first-order valence-corrected chi connectivity index (χ1v) is 11.0. The molecule has 2 aliphatic rings. The third-order valence-electron chi connectivity index (χ3n) is 6.77. The van der Waals surface area contributed by atoms with Crippen molar-refractivity contribution in [3.8, 4) is 11.5 Å². The number of nitrogens with zero attached hydrogens (tertiary/aromatic N) is 3. The van der Waals surface area contributed by atoms with Crippen LogP contribution in [0.3, 0.4) is 0 Å². The summed E-state index contributed by atoms with van der Waals surface area (Å²) in [5, 5.41) is 2.24. The molecule has 5 nitrogen and oxygen atoms in total. The van der Waals surface area contributed by atoms with Crippen LogP contribution in [0.25, 0.3) is 33.4 Å². The van der Waals surface area contributed by atoms with Gasteiger partial charge >= 0.3 is 6.98 Å². The third-order valence-corrected chi connectivity index (χ3v) is 6.77. The van der Waals surface area contributed by atoms with E-state index in [0.29, 0.717) is 0 Å². The van der Waals surface area contributed by atoms with Crippen LogP contribution in [-0.4, -0.2) is 12.0 Å². The molecule has 3 aromatic carbocycles. The van der Waals surface area contributed by atoms with Crippen LogP contribution in [-0.2, 0) is 0 Å². The largest absolute Gasteiger partial charge is 0.461 e. The Morgan fingerprint density at radius 1 is 0.667 bits per heavy atom. The standard InChI is InChI=1S/C27H16BN3O2/c1-4-13-24-17(7-1)18-8-5-12-22(26(18)33-24)30-20-10-2-3-11-21(20)31-23-14-16-32-27(23)25-19(28(30)31)9-6-15-29-25/h1-16H. The summed E-state index contributed by atoms with van der Waals surface area (Å²) in [4.78, 5) is 9.43. The van der Waals surface area contributed by atoms with Gasteiger partial charge in [-0.3, -0.25) is 4.98 Å². The molecule has 0 spiro atoms. The van der Waals surface area contributed by atoms with Gasteiger partial charge < -0.3 is 18.5 Å². The molecule has 154 valence electrons. The van der Waals surface area contributed by atoms with Crippen molar-refractivity contribution < 1.29 is 8.83 Å². The molecule has 6 heteroatoms. The van der Waals surface area contributed by atoms with E-state index in [1.54, 1.807) is 6.26 Å². The van der Waals surface area contributed by atoms with E-state index in [1.165, 1.54) is 0 Å². The highest BCUT2D eigenvalue weighted by Crippen LogP contribution is 2.52. The molecule has 0 radical (unpaired) electrons. The number of hydrogen-bond acceptors (Lipinski definition) is 5. The molecule has 5 heterocycles. The average Bonchev–Trinajstić information content (AvgIpc) is 3.58. The lowest BCUT2D eigenvalue weighted by atomic mass is 9.61. The molecule has 0 bridgehead atoms. The smallest absolute Gasteiger partial charge is 0.423 e. The number of para-hydroxylation sites is 4. The highest BCUT2D eigenvalue weighted by atomic mass is 16.3. The van der Waals surface area contributed by atoms with Crippen molar-refractivity contribution >= 4 is 57.1 Å². The van der Waals surface area contributed by atoms with Gasteiger partial charge in [0.05, 0.1) is 29.0 Å². The van der Waals surface area contributed by atoms with E-state index >= 15 is 0 Å².